The first-order valence-electron chi connectivity index (χ1n) is 10.7. The number of aryl methyl sites for hydroxylation is 2. The number of tetrazole rings is 1. The van der Waals surface area contributed by atoms with E-state index in [2.05, 4.69) is 36.1 Å². The third kappa shape index (κ3) is 5.43. The highest BCUT2D eigenvalue weighted by molar-refractivity contribution is 6.32. The third-order valence-electron chi connectivity index (χ3n) is 5.13. The maximum atomic E-state index is 13.4. The summed E-state index contributed by atoms with van der Waals surface area (Å²) in [6.07, 6.45) is -3.33. The van der Waals surface area contributed by atoms with Crippen LogP contribution in [0.15, 0.2) is 36.5 Å². The van der Waals surface area contributed by atoms with Gasteiger partial charge in [0, 0.05) is 13.2 Å². The standard InChI is InChI=1S/C22H19ClF3N9O2/c1-11-7-12(2)17(14(8-11)19(36)27-3)29-20(37)16-9-13(10-34-32-21(30-33-34)22(24,25)26)31-35(16)18-15(23)5-4-6-28-18/h4-9H,10H2,1-3H3,(H,27,36)(H,29,37). The Morgan fingerprint density at radius 1 is 1.11 bits per heavy atom. The van der Waals surface area contributed by atoms with Crippen LogP contribution in [0.1, 0.15) is 43.5 Å². The van der Waals surface area contributed by atoms with Gasteiger partial charge in [0.05, 0.1) is 22.0 Å². The molecule has 0 bridgehead atoms. The Hall–Kier alpha value is -4.33. The molecule has 0 saturated carbocycles. The highest BCUT2D eigenvalue weighted by Crippen LogP contribution is 2.26. The van der Waals surface area contributed by atoms with Crippen LogP contribution in [0.4, 0.5) is 18.9 Å². The predicted molar refractivity (Wildman–Crippen MR) is 126 cm³/mol. The zero-order valence-electron chi connectivity index (χ0n) is 19.6. The van der Waals surface area contributed by atoms with Crippen molar-refractivity contribution in [3.63, 3.8) is 0 Å². The lowest BCUT2D eigenvalue weighted by atomic mass is 10.0. The molecule has 0 aliphatic heterocycles. The van der Waals surface area contributed by atoms with Crippen molar-refractivity contribution in [3.8, 4) is 5.82 Å². The summed E-state index contributed by atoms with van der Waals surface area (Å²) in [6.45, 7) is 3.23. The van der Waals surface area contributed by atoms with E-state index in [4.69, 9.17) is 11.6 Å². The van der Waals surface area contributed by atoms with Gasteiger partial charge >= 0.3 is 6.18 Å². The van der Waals surface area contributed by atoms with Crippen molar-refractivity contribution in [2.45, 2.75) is 26.6 Å². The molecule has 4 aromatic rings. The number of rotatable bonds is 6. The van der Waals surface area contributed by atoms with Gasteiger partial charge in [-0.3, -0.25) is 9.59 Å². The zero-order valence-corrected chi connectivity index (χ0v) is 20.4. The molecule has 2 amide bonds. The molecule has 0 fully saturated rings. The topological polar surface area (TPSA) is 133 Å². The van der Waals surface area contributed by atoms with Gasteiger partial charge in [-0.2, -0.15) is 23.1 Å². The molecule has 15 heteroatoms. The first kappa shape index (κ1) is 25.8. The molecule has 11 nitrogen and oxygen atoms in total. The van der Waals surface area contributed by atoms with Crippen LogP contribution < -0.4 is 10.6 Å². The molecule has 0 atom stereocenters. The van der Waals surface area contributed by atoms with Gasteiger partial charge in [-0.05, 0) is 54.5 Å². The smallest absolute Gasteiger partial charge is 0.355 e. The highest BCUT2D eigenvalue weighted by atomic mass is 35.5. The van der Waals surface area contributed by atoms with E-state index in [1.807, 2.05) is 6.92 Å². The van der Waals surface area contributed by atoms with Crippen LogP contribution in [0, 0.1) is 13.8 Å². The quantitative estimate of drug-likeness (QED) is 0.389. The minimum Gasteiger partial charge on any atom is -0.355 e. The lowest BCUT2D eigenvalue weighted by Gasteiger charge is -2.15. The molecule has 0 aliphatic carbocycles. The largest absolute Gasteiger partial charge is 0.455 e. The Morgan fingerprint density at radius 2 is 1.86 bits per heavy atom. The summed E-state index contributed by atoms with van der Waals surface area (Å²) in [4.78, 5) is 30.8. The van der Waals surface area contributed by atoms with E-state index in [0.717, 1.165) is 10.2 Å². The van der Waals surface area contributed by atoms with E-state index in [9.17, 15) is 22.8 Å². The van der Waals surface area contributed by atoms with Crippen molar-refractivity contribution in [1.29, 1.82) is 0 Å². The highest BCUT2D eigenvalue weighted by Gasteiger charge is 2.37. The molecule has 0 aliphatic rings. The second kappa shape index (κ2) is 9.97. The molecular formula is C22H19ClF3N9O2. The van der Waals surface area contributed by atoms with Crippen LogP contribution in [0.5, 0.6) is 0 Å². The van der Waals surface area contributed by atoms with Crippen molar-refractivity contribution < 1.29 is 22.8 Å². The first-order chi connectivity index (χ1) is 17.5. The predicted octanol–water partition coefficient (Wildman–Crippen LogP) is 3.20. The lowest BCUT2D eigenvalue weighted by Crippen LogP contribution is -2.23. The number of alkyl halides is 3. The van der Waals surface area contributed by atoms with Crippen molar-refractivity contribution in [3.05, 3.63) is 75.5 Å². The Morgan fingerprint density at radius 3 is 2.51 bits per heavy atom. The minimum absolute atomic E-state index is 0.0467. The summed E-state index contributed by atoms with van der Waals surface area (Å²) in [7, 11) is 1.47. The van der Waals surface area contributed by atoms with Gasteiger partial charge < -0.3 is 10.6 Å². The van der Waals surface area contributed by atoms with Gasteiger partial charge in [0.2, 0.25) is 0 Å². The normalized spacial score (nSPS) is 11.4. The number of pyridine rings is 1. The van der Waals surface area contributed by atoms with E-state index in [0.29, 0.717) is 10.4 Å². The van der Waals surface area contributed by atoms with E-state index in [-0.39, 0.29) is 40.0 Å². The van der Waals surface area contributed by atoms with Gasteiger partial charge in [-0.15, -0.1) is 10.2 Å². The number of carbonyl (C=O) groups is 2. The number of nitrogens with one attached hydrogen (secondary N) is 2. The molecule has 3 heterocycles. The van der Waals surface area contributed by atoms with Gasteiger partial charge in [0.25, 0.3) is 17.6 Å². The molecule has 0 radical (unpaired) electrons. The van der Waals surface area contributed by atoms with Gasteiger partial charge in [-0.1, -0.05) is 17.7 Å². The van der Waals surface area contributed by atoms with Crippen molar-refractivity contribution in [1.82, 2.24) is 40.3 Å². The summed E-state index contributed by atoms with van der Waals surface area (Å²) in [5.74, 6) is -2.37. The number of amides is 2. The fraction of sp³-hybridized carbons (Fsp3) is 0.227. The summed E-state index contributed by atoms with van der Waals surface area (Å²) >= 11 is 6.27. The van der Waals surface area contributed by atoms with Crippen molar-refractivity contribution in [2.24, 2.45) is 0 Å². The summed E-state index contributed by atoms with van der Waals surface area (Å²) in [5.41, 5.74) is 2.08. The number of benzene rings is 1. The number of halogens is 4. The average Bonchev–Trinajstić information content (AvgIpc) is 3.48. The molecule has 0 spiro atoms. The van der Waals surface area contributed by atoms with Crippen LogP contribution in [0.3, 0.4) is 0 Å². The summed E-state index contributed by atoms with van der Waals surface area (Å²) in [6, 6.07) is 7.89. The maximum absolute atomic E-state index is 13.4. The number of anilines is 1. The SMILES string of the molecule is CNC(=O)c1cc(C)cc(C)c1NC(=O)c1cc(Cn2nnc(C(F)(F)F)n2)nn1-c1ncccc1Cl. The number of aromatic nitrogens is 7. The molecule has 0 saturated heterocycles. The Kier molecular flexibility index (Phi) is 6.94. The molecular weight excluding hydrogens is 515 g/mol. The fourth-order valence-corrected chi connectivity index (χ4v) is 3.76. The molecule has 1 aromatic carbocycles. The van der Waals surface area contributed by atoms with Gasteiger partial charge in [0.15, 0.2) is 5.82 Å². The Labute approximate surface area is 212 Å². The van der Waals surface area contributed by atoms with Gasteiger partial charge in [-0.25, -0.2) is 9.67 Å². The van der Waals surface area contributed by atoms with Crippen LogP contribution >= 0.6 is 11.6 Å². The molecule has 192 valence electrons. The second-order valence-corrected chi connectivity index (χ2v) is 8.33. The fourth-order valence-electron chi connectivity index (χ4n) is 3.56. The lowest BCUT2D eigenvalue weighted by molar-refractivity contribution is -0.145. The van der Waals surface area contributed by atoms with Crippen molar-refractivity contribution in [2.75, 3.05) is 12.4 Å². The van der Waals surface area contributed by atoms with Crippen molar-refractivity contribution >= 4 is 29.1 Å². The number of nitrogens with zero attached hydrogens (tertiary/aromatic N) is 7. The summed E-state index contributed by atoms with van der Waals surface area (Å²) < 4.78 is 39.7. The average molecular weight is 534 g/mol. The number of hydrogen-bond donors (Lipinski definition) is 2. The van der Waals surface area contributed by atoms with Crippen LogP contribution in [-0.2, 0) is 12.7 Å². The molecule has 2 N–H and O–H groups in total. The van der Waals surface area contributed by atoms with E-state index in [1.54, 1.807) is 25.1 Å². The van der Waals surface area contributed by atoms with E-state index in [1.165, 1.54) is 25.4 Å². The molecule has 4 rings (SSSR count). The Balaban J connectivity index is 1.75. The van der Waals surface area contributed by atoms with E-state index >= 15 is 0 Å². The summed E-state index contributed by atoms with van der Waals surface area (Å²) in [5, 5.41) is 19.5. The van der Waals surface area contributed by atoms with Crippen LogP contribution in [-0.4, -0.2) is 53.8 Å². The second-order valence-electron chi connectivity index (χ2n) is 7.92. The zero-order chi connectivity index (χ0) is 26.9. The third-order valence-corrected chi connectivity index (χ3v) is 5.43. The number of carbonyl (C=O) groups excluding carboxylic acids is 2. The molecule has 37 heavy (non-hydrogen) atoms. The molecule has 3 aromatic heterocycles. The van der Waals surface area contributed by atoms with E-state index < -0.39 is 23.8 Å². The maximum Gasteiger partial charge on any atom is 0.455 e. The van der Waals surface area contributed by atoms with Crippen LogP contribution in [0.2, 0.25) is 5.02 Å². The first-order valence-corrected chi connectivity index (χ1v) is 11.0. The minimum atomic E-state index is -4.77. The molecule has 0 unspecified atom stereocenters. The van der Waals surface area contributed by atoms with Crippen LogP contribution in [0.25, 0.3) is 5.82 Å². The number of hydrogen-bond acceptors (Lipinski definition) is 7. The monoisotopic (exact) mass is 533 g/mol. The van der Waals surface area contributed by atoms with Gasteiger partial charge in [0.1, 0.15) is 12.2 Å². The Bertz CT molecular complexity index is 1500.